The third-order valence-electron chi connectivity index (χ3n) is 2.28. The zero-order chi connectivity index (χ0) is 12.5. The van der Waals surface area contributed by atoms with Crippen LogP contribution in [0.3, 0.4) is 0 Å². The number of hydrogen-bond donors (Lipinski definition) is 1. The molecule has 0 aromatic heterocycles. The summed E-state index contributed by atoms with van der Waals surface area (Å²) in [5.74, 6) is 1.59. The van der Waals surface area contributed by atoms with Crippen molar-refractivity contribution < 1.29 is 14.4 Å². The largest absolute Gasteiger partial charge is 0.489 e. The van der Waals surface area contributed by atoms with Gasteiger partial charge < -0.3 is 14.4 Å². The third kappa shape index (κ3) is 5.41. The fourth-order valence-electron chi connectivity index (χ4n) is 1.45. The van der Waals surface area contributed by atoms with Crippen LogP contribution in [0.15, 0.2) is 36.9 Å². The Morgan fingerprint density at radius 2 is 1.82 bits per heavy atom. The van der Waals surface area contributed by atoms with Gasteiger partial charge in [0.25, 0.3) is 0 Å². The highest BCUT2D eigenvalue weighted by Gasteiger charge is 2.03. The molecular weight excluding hydrogens is 214 g/mol. The van der Waals surface area contributed by atoms with Gasteiger partial charge >= 0.3 is 0 Å². The number of quaternary nitrogens is 1. The normalized spacial score (nSPS) is 10.3. The van der Waals surface area contributed by atoms with Crippen molar-refractivity contribution >= 4 is 0 Å². The van der Waals surface area contributed by atoms with E-state index in [0.29, 0.717) is 6.61 Å². The SMILES string of the molecule is C=CCOc1ccccc1OCCC[NH+](C)C. The molecule has 0 unspecified atom stereocenters. The number of para-hydroxylation sites is 2. The fourth-order valence-corrected chi connectivity index (χ4v) is 1.45. The maximum Gasteiger partial charge on any atom is 0.161 e. The number of hydrogen-bond acceptors (Lipinski definition) is 2. The topological polar surface area (TPSA) is 22.9 Å². The van der Waals surface area contributed by atoms with Crippen LogP contribution in [0.1, 0.15) is 6.42 Å². The van der Waals surface area contributed by atoms with E-state index in [1.165, 1.54) is 4.90 Å². The first-order valence-electron chi connectivity index (χ1n) is 5.98. The van der Waals surface area contributed by atoms with E-state index in [1.807, 2.05) is 24.3 Å². The van der Waals surface area contributed by atoms with Crippen molar-refractivity contribution in [2.75, 3.05) is 33.9 Å². The lowest BCUT2D eigenvalue weighted by molar-refractivity contribution is -0.858. The van der Waals surface area contributed by atoms with Crippen LogP contribution in [0.2, 0.25) is 0 Å². The lowest BCUT2D eigenvalue weighted by Gasteiger charge is -2.12. The number of benzene rings is 1. The average molecular weight is 236 g/mol. The molecule has 94 valence electrons. The van der Waals surface area contributed by atoms with Crippen molar-refractivity contribution in [2.45, 2.75) is 6.42 Å². The van der Waals surface area contributed by atoms with E-state index in [2.05, 4.69) is 20.7 Å². The molecule has 1 aromatic rings. The molecule has 0 atom stereocenters. The Morgan fingerprint density at radius 1 is 1.18 bits per heavy atom. The summed E-state index contributed by atoms with van der Waals surface area (Å²) in [5, 5.41) is 0. The Labute approximate surface area is 104 Å². The molecule has 3 heteroatoms. The van der Waals surface area contributed by atoms with Crippen LogP contribution in [-0.4, -0.2) is 33.9 Å². The smallest absolute Gasteiger partial charge is 0.161 e. The van der Waals surface area contributed by atoms with Crippen molar-refractivity contribution in [2.24, 2.45) is 0 Å². The molecule has 0 saturated heterocycles. The first-order chi connectivity index (χ1) is 8.24. The van der Waals surface area contributed by atoms with E-state index in [4.69, 9.17) is 9.47 Å². The minimum absolute atomic E-state index is 0.502. The summed E-state index contributed by atoms with van der Waals surface area (Å²) in [6.45, 7) is 5.96. The lowest BCUT2D eigenvalue weighted by atomic mass is 10.3. The van der Waals surface area contributed by atoms with Crippen LogP contribution in [0.5, 0.6) is 11.5 Å². The molecule has 1 aromatic carbocycles. The van der Waals surface area contributed by atoms with E-state index in [-0.39, 0.29) is 0 Å². The van der Waals surface area contributed by atoms with Crippen LogP contribution >= 0.6 is 0 Å². The molecule has 0 spiro atoms. The summed E-state index contributed by atoms with van der Waals surface area (Å²) in [6.07, 6.45) is 2.77. The van der Waals surface area contributed by atoms with Gasteiger partial charge in [0.1, 0.15) is 6.61 Å². The van der Waals surface area contributed by atoms with E-state index < -0.39 is 0 Å². The molecule has 0 saturated carbocycles. The van der Waals surface area contributed by atoms with Gasteiger partial charge in [-0.1, -0.05) is 24.8 Å². The summed E-state index contributed by atoms with van der Waals surface area (Å²) in [6, 6.07) is 7.74. The molecule has 1 N–H and O–H groups in total. The molecule has 0 heterocycles. The number of ether oxygens (including phenoxy) is 2. The molecule has 0 amide bonds. The molecule has 0 radical (unpaired) electrons. The first kappa shape index (κ1) is 13.6. The maximum atomic E-state index is 5.71. The standard InChI is InChI=1S/C14H21NO2/c1-4-11-16-13-8-5-6-9-14(13)17-12-7-10-15(2)3/h4-6,8-9H,1,7,10-12H2,2-3H3/p+1. The fraction of sp³-hybridized carbons (Fsp3) is 0.429. The second-order valence-corrected chi connectivity index (χ2v) is 4.21. The quantitative estimate of drug-likeness (QED) is 0.541. The van der Waals surface area contributed by atoms with Gasteiger partial charge in [-0.05, 0) is 12.1 Å². The highest BCUT2D eigenvalue weighted by Crippen LogP contribution is 2.26. The molecule has 3 nitrogen and oxygen atoms in total. The molecule has 0 aliphatic rings. The highest BCUT2D eigenvalue weighted by molar-refractivity contribution is 5.39. The number of rotatable bonds is 8. The predicted molar refractivity (Wildman–Crippen MR) is 69.9 cm³/mol. The van der Waals surface area contributed by atoms with E-state index in [0.717, 1.165) is 31.1 Å². The monoisotopic (exact) mass is 236 g/mol. The van der Waals surface area contributed by atoms with Crippen LogP contribution in [0.4, 0.5) is 0 Å². The lowest BCUT2D eigenvalue weighted by Crippen LogP contribution is -3.05. The second-order valence-electron chi connectivity index (χ2n) is 4.21. The van der Waals surface area contributed by atoms with Crippen molar-refractivity contribution in [3.63, 3.8) is 0 Å². The summed E-state index contributed by atoms with van der Waals surface area (Å²) < 4.78 is 11.2. The van der Waals surface area contributed by atoms with Crippen LogP contribution in [-0.2, 0) is 0 Å². The van der Waals surface area contributed by atoms with Crippen molar-refractivity contribution in [3.05, 3.63) is 36.9 Å². The number of nitrogens with one attached hydrogen (secondary N) is 1. The van der Waals surface area contributed by atoms with Gasteiger partial charge in [-0.3, -0.25) is 0 Å². The predicted octanol–water partition coefficient (Wildman–Crippen LogP) is 1.16. The van der Waals surface area contributed by atoms with Gasteiger partial charge in [-0.15, -0.1) is 0 Å². The zero-order valence-corrected chi connectivity index (χ0v) is 10.7. The van der Waals surface area contributed by atoms with Gasteiger partial charge in [0.15, 0.2) is 11.5 Å². The van der Waals surface area contributed by atoms with E-state index in [9.17, 15) is 0 Å². The highest BCUT2D eigenvalue weighted by atomic mass is 16.5. The molecule has 17 heavy (non-hydrogen) atoms. The van der Waals surface area contributed by atoms with Crippen molar-refractivity contribution in [1.29, 1.82) is 0 Å². The third-order valence-corrected chi connectivity index (χ3v) is 2.28. The molecular formula is C14H22NO2+. The molecule has 0 fully saturated rings. The Balaban J connectivity index is 2.43. The van der Waals surface area contributed by atoms with Gasteiger partial charge in [0, 0.05) is 6.42 Å². The van der Waals surface area contributed by atoms with Crippen LogP contribution < -0.4 is 14.4 Å². The maximum absolute atomic E-state index is 5.71. The first-order valence-corrected chi connectivity index (χ1v) is 5.98. The zero-order valence-electron chi connectivity index (χ0n) is 10.7. The van der Waals surface area contributed by atoms with Crippen molar-refractivity contribution in [3.8, 4) is 11.5 Å². The van der Waals surface area contributed by atoms with Gasteiger partial charge in [-0.2, -0.15) is 0 Å². The Kier molecular flexibility index (Phi) is 6.18. The summed E-state index contributed by atoms with van der Waals surface area (Å²) in [4.78, 5) is 1.43. The van der Waals surface area contributed by atoms with E-state index in [1.54, 1.807) is 6.08 Å². The van der Waals surface area contributed by atoms with E-state index >= 15 is 0 Å². The molecule has 1 rings (SSSR count). The molecule has 0 aliphatic carbocycles. The Bertz CT molecular complexity index is 337. The van der Waals surface area contributed by atoms with Crippen LogP contribution in [0.25, 0.3) is 0 Å². The molecule has 0 aliphatic heterocycles. The van der Waals surface area contributed by atoms with Gasteiger partial charge in [-0.25, -0.2) is 0 Å². The van der Waals surface area contributed by atoms with Gasteiger partial charge in [0.2, 0.25) is 0 Å². The summed E-state index contributed by atoms with van der Waals surface area (Å²) >= 11 is 0. The molecule has 0 bridgehead atoms. The summed E-state index contributed by atoms with van der Waals surface area (Å²) in [5.41, 5.74) is 0. The second kappa shape index (κ2) is 7.74. The van der Waals surface area contributed by atoms with Crippen LogP contribution in [0, 0.1) is 0 Å². The Hall–Kier alpha value is -1.48. The average Bonchev–Trinajstić information content (AvgIpc) is 2.33. The van der Waals surface area contributed by atoms with Crippen molar-refractivity contribution in [1.82, 2.24) is 0 Å². The Morgan fingerprint density at radius 3 is 2.41 bits per heavy atom. The minimum atomic E-state index is 0.502. The van der Waals surface area contributed by atoms with Gasteiger partial charge in [0.05, 0.1) is 27.2 Å². The minimum Gasteiger partial charge on any atom is -0.489 e. The summed E-state index contributed by atoms with van der Waals surface area (Å²) in [7, 11) is 4.28.